The van der Waals surface area contributed by atoms with Crippen LogP contribution in [0, 0.1) is 0 Å². The zero-order chi connectivity index (χ0) is 23.6. The van der Waals surface area contributed by atoms with Gasteiger partial charge in [-0.25, -0.2) is 0 Å². The van der Waals surface area contributed by atoms with E-state index < -0.39 is 42.5 Å². The summed E-state index contributed by atoms with van der Waals surface area (Å²) in [5.41, 5.74) is 0. The molecule has 1 saturated heterocycles. The first-order valence-corrected chi connectivity index (χ1v) is 11.1. The number of phenols is 1. The fourth-order valence-electron chi connectivity index (χ4n) is 3.25. The van der Waals surface area contributed by atoms with E-state index in [2.05, 4.69) is 31.9 Å². The standard InChI is InChI=1S/C21H20Br2O9/c1-9(24)28-8-18-19(29-10(2)25)20(30-11(3)26)21(32-18)31-17-7-13-5-15(23)14(22)4-12(13)6-16(17)27/h4-7,18-21,27H,8H2,1-3H3/t18-,19?,20?,21-/m1/s1. The van der Waals surface area contributed by atoms with Crippen molar-refractivity contribution in [2.24, 2.45) is 0 Å². The highest BCUT2D eigenvalue weighted by Gasteiger charge is 2.51. The summed E-state index contributed by atoms with van der Waals surface area (Å²) < 4.78 is 28.8. The second kappa shape index (κ2) is 10.1. The smallest absolute Gasteiger partial charge is 0.303 e. The molecule has 2 unspecified atom stereocenters. The van der Waals surface area contributed by atoms with Gasteiger partial charge in [0.1, 0.15) is 12.7 Å². The van der Waals surface area contributed by atoms with Gasteiger partial charge in [-0.2, -0.15) is 0 Å². The number of benzene rings is 2. The Morgan fingerprint density at radius 2 is 1.47 bits per heavy atom. The van der Waals surface area contributed by atoms with Crippen molar-refractivity contribution >= 4 is 60.5 Å². The second-order valence-electron chi connectivity index (χ2n) is 7.04. The predicted octanol–water partition coefficient (Wildman–Crippen LogP) is 3.60. The van der Waals surface area contributed by atoms with Crippen LogP contribution in [0.4, 0.5) is 0 Å². The Balaban J connectivity index is 1.93. The summed E-state index contributed by atoms with van der Waals surface area (Å²) in [4.78, 5) is 34.6. The van der Waals surface area contributed by atoms with Crippen LogP contribution in [-0.2, 0) is 33.3 Å². The van der Waals surface area contributed by atoms with Gasteiger partial charge in [-0.3, -0.25) is 14.4 Å². The zero-order valence-electron chi connectivity index (χ0n) is 17.3. The number of carbonyl (C=O) groups excluding carboxylic acids is 3. The number of fused-ring (bicyclic) bond motifs is 1. The third kappa shape index (κ3) is 5.70. The van der Waals surface area contributed by atoms with Crippen molar-refractivity contribution in [1.29, 1.82) is 0 Å². The summed E-state index contributed by atoms with van der Waals surface area (Å²) in [5, 5.41) is 12.0. The highest BCUT2D eigenvalue weighted by atomic mass is 79.9. The van der Waals surface area contributed by atoms with E-state index in [1.54, 1.807) is 6.07 Å². The fourth-order valence-corrected chi connectivity index (χ4v) is 3.97. The number of esters is 3. The van der Waals surface area contributed by atoms with E-state index in [-0.39, 0.29) is 18.1 Å². The number of hydrogen-bond donors (Lipinski definition) is 1. The van der Waals surface area contributed by atoms with E-state index in [1.165, 1.54) is 26.8 Å². The first-order valence-electron chi connectivity index (χ1n) is 9.47. The number of carbonyl (C=O) groups is 3. The molecule has 172 valence electrons. The van der Waals surface area contributed by atoms with Gasteiger partial charge in [0, 0.05) is 29.7 Å². The topological polar surface area (TPSA) is 118 Å². The summed E-state index contributed by atoms with van der Waals surface area (Å²) in [6.45, 7) is 3.34. The molecule has 0 radical (unpaired) electrons. The van der Waals surface area contributed by atoms with E-state index >= 15 is 0 Å². The number of halogens is 2. The summed E-state index contributed by atoms with van der Waals surface area (Å²) >= 11 is 6.84. The lowest BCUT2D eigenvalue weighted by atomic mass is 10.1. The van der Waals surface area contributed by atoms with Gasteiger partial charge in [-0.1, -0.05) is 0 Å². The lowest BCUT2D eigenvalue weighted by Gasteiger charge is -2.23. The molecule has 0 amide bonds. The van der Waals surface area contributed by atoms with Crippen molar-refractivity contribution < 1.29 is 43.2 Å². The highest BCUT2D eigenvalue weighted by molar-refractivity contribution is 9.13. The van der Waals surface area contributed by atoms with Crippen LogP contribution in [0.25, 0.3) is 10.8 Å². The van der Waals surface area contributed by atoms with Crippen molar-refractivity contribution in [3.63, 3.8) is 0 Å². The van der Waals surface area contributed by atoms with Gasteiger partial charge < -0.3 is 28.8 Å². The minimum Gasteiger partial charge on any atom is -0.504 e. The molecule has 1 N–H and O–H groups in total. The first-order chi connectivity index (χ1) is 15.0. The van der Waals surface area contributed by atoms with Gasteiger partial charge in [0.2, 0.25) is 12.4 Å². The Hall–Kier alpha value is -2.37. The largest absolute Gasteiger partial charge is 0.504 e. The molecule has 0 aliphatic carbocycles. The normalized spacial score (nSPS) is 22.4. The van der Waals surface area contributed by atoms with E-state index in [0.29, 0.717) is 0 Å². The Labute approximate surface area is 200 Å². The predicted molar refractivity (Wildman–Crippen MR) is 118 cm³/mol. The fraction of sp³-hybridized carbons (Fsp3) is 0.381. The molecule has 0 bridgehead atoms. The van der Waals surface area contributed by atoms with Crippen molar-refractivity contribution in [1.82, 2.24) is 0 Å². The average Bonchev–Trinajstić information content (AvgIpc) is 2.98. The molecule has 1 aliphatic heterocycles. The number of aromatic hydroxyl groups is 1. The van der Waals surface area contributed by atoms with E-state index in [9.17, 15) is 19.5 Å². The molecular weight excluding hydrogens is 556 g/mol. The Morgan fingerprint density at radius 3 is 2.03 bits per heavy atom. The van der Waals surface area contributed by atoms with Crippen molar-refractivity contribution in [3.8, 4) is 11.5 Å². The van der Waals surface area contributed by atoms with Crippen LogP contribution >= 0.6 is 31.9 Å². The summed E-state index contributed by atoms with van der Waals surface area (Å²) in [5.74, 6) is -1.98. The Bertz CT molecular complexity index is 1060. The zero-order valence-corrected chi connectivity index (χ0v) is 20.5. The molecule has 32 heavy (non-hydrogen) atoms. The molecule has 2 aromatic rings. The molecule has 2 aromatic carbocycles. The molecule has 1 heterocycles. The maximum atomic E-state index is 11.7. The Kier molecular flexibility index (Phi) is 7.63. The molecule has 4 atom stereocenters. The number of hydrogen-bond acceptors (Lipinski definition) is 9. The summed E-state index contributed by atoms with van der Waals surface area (Å²) in [6.07, 6.45) is -4.45. The van der Waals surface area contributed by atoms with Crippen LogP contribution in [0.15, 0.2) is 33.2 Å². The van der Waals surface area contributed by atoms with Gasteiger partial charge in [0.15, 0.2) is 17.6 Å². The molecule has 3 rings (SSSR count). The maximum absolute atomic E-state index is 11.7. The van der Waals surface area contributed by atoms with Crippen molar-refractivity contribution in [3.05, 3.63) is 33.2 Å². The van der Waals surface area contributed by atoms with Crippen molar-refractivity contribution in [2.45, 2.75) is 45.4 Å². The summed E-state index contributed by atoms with van der Waals surface area (Å²) in [7, 11) is 0. The third-order valence-corrected chi connectivity index (χ3v) is 6.37. The van der Waals surface area contributed by atoms with Crippen molar-refractivity contribution in [2.75, 3.05) is 6.61 Å². The van der Waals surface area contributed by atoms with Crippen LogP contribution in [-0.4, -0.2) is 54.2 Å². The van der Waals surface area contributed by atoms with Gasteiger partial charge in [-0.15, -0.1) is 0 Å². The highest BCUT2D eigenvalue weighted by Crippen LogP contribution is 2.38. The molecular formula is C21H20Br2O9. The van der Waals surface area contributed by atoms with Crippen LogP contribution in [0.2, 0.25) is 0 Å². The van der Waals surface area contributed by atoms with Gasteiger partial charge in [0.05, 0.1) is 0 Å². The SMILES string of the molecule is CC(=O)OC[C@H]1O[C@@H](Oc2cc3cc(Br)c(Br)cc3cc2O)C(OC(C)=O)C1OC(C)=O. The van der Waals surface area contributed by atoms with Crippen LogP contribution in [0.5, 0.6) is 11.5 Å². The molecule has 0 spiro atoms. The molecule has 0 aromatic heterocycles. The molecule has 11 heteroatoms. The quantitative estimate of drug-likeness (QED) is 0.407. The minimum absolute atomic E-state index is 0.0589. The second-order valence-corrected chi connectivity index (χ2v) is 8.75. The molecule has 0 saturated carbocycles. The number of phenolic OH excluding ortho intramolecular Hbond substituents is 1. The first kappa shape index (κ1) is 24.3. The van der Waals surface area contributed by atoms with Gasteiger partial charge in [0.25, 0.3) is 0 Å². The van der Waals surface area contributed by atoms with E-state index in [4.69, 9.17) is 23.7 Å². The average molecular weight is 576 g/mol. The number of rotatable bonds is 6. The summed E-state index contributed by atoms with van der Waals surface area (Å²) in [6, 6.07) is 6.76. The third-order valence-electron chi connectivity index (χ3n) is 4.52. The van der Waals surface area contributed by atoms with Crippen LogP contribution < -0.4 is 4.74 Å². The van der Waals surface area contributed by atoms with E-state index in [1.807, 2.05) is 12.1 Å². The monoisotopic (exact) mass is 574 g/mol. The minimum atomic E-state index is -1.24. The maximum Gasteiger partial charge on any atom is 0.303 e. The number of ether oxygens (including phenoxy) is 5. The molecule has 9 nitrogen and oxygen atoms in total. The van der Waals surface area contributed by atoms with Crippen LogP contribution in [0.3, 0.4) is 0 Å². The van der Waals surface area contributed by atoms with E-state index in [0.717, 1.165) is 19.7 Å². The molecule has 1 aliphatic rings. The van der Waals surface area contributed by atoms with Gasteiger partial charge >= 0.3 is 17.9 Å². The lowest BCUT2D eigenvalue weighted by Crippen LogP contribution is -2.42. The molecule has 1 fully saturated rings. The van der Waals surface area contributed by atoms with Crippen LogP contribution in [0.1, 0.15) is 20.8 Å². The lowest BCUT2D eigenvalue weighted by molar-refractivity contribution is -0.170. The van der Waals surface area contributed by atoms with Gasteiger partial charge in [-0.05, 0) is 66.9 Å². The Morgan fingerprint density at radius 1 is 0.906 bits per heavy atom.